The van der Waals surface area contributed by atoms with Crippen LogP contribution in [-0.4, -0.2) is 102 Å². The number of ether oxygens (including phenoxy) is 3. The van der Waals surface area contributed by atoms with Gasteiger partial charge in [-0.05, 0) is 82.3 Å². The second kappa shape index (κ2) is 18.6. The van der Waals surface area contributed by atoms with E-state index in [0.29, 0.717) is 46.6 Å². The van der Waals surface area contributed by atoms with Crippen molar-refractivity contribution in [1.29, 1.82) is 0 Å². The summed E-state index contributed by atoms with van der Waals surface area (Å²) in [5.41, 5.74) is -0.486. The highest BCUT2D eigenvalue weighted by Crippen LogP contribution is 2.48. The van der Waals surface area contributed by atoms with Crippen molar-refractivity contribution in [3.8, 4) is 22.9 Å². The van der Waals surface area contributed by atoms with E-state index in [0.717, 1.165) is 56.5 Å². The molecule has 0 bridgehead atoms. The number of sulfonamides is 1. The van der Waals surface area contributed by atoms with Crippen LogP contribution in [0, 0.1) is 11.3 Å². The Balaban J connectivity index is 1.21. The molecule has 2 saturated heterocycles. The minimum absolute atomic E-state index is 0.0334. The number of amides is 4. The van der Waals surface area contributed by atoms with Crippen molar-refractivity contribution in [2.45, 2.75) is 148 Å². The number of anilines is 1. The number of pyridine rings is 1. The van der Waals surface area contributed by atoms with Crippen LogP contribution in [0.1, 0.15) is 112 Å². The van der Waals surface area contributed by atoms with E-state index in [1.165, 1.54) is 16.2 Å². The number of thiazole rings is 1. The van der Waals surface area contributed by atoms with E-state index in [1.54, 1.807) is 25.3 Å². The average Bonchev–Trinajstić information content (AvgIpc) is 3.64. The zero-order valence-corrected chi connectivity index (χ0v) is 38.2. The fourth-order valence-corrected chi connectivity index (χ4v) is 10.9. The molecule has 2 aliphatic carbocycles. The van der Waals surface area contributed by atoms with E-state index >= 15 is 0 Å². The SMILES string of the molecule is COc1ccc2c(O[C@@H]3C[C@@H](C(=O)N[C@]45C[C@H]4CCCCCCCS(=O)(=O)NC5=O)N(C(=O)[C@@H](NC(=O)OC4CCCC4)C(C)(C)C)C3)cc(-c3csc(NC(C)C)n3)nc2c1. The van der Waals surface area contributed by atoms with Crippen LogP contribution < -0.4 is 30.1 Å². The predicted octanol–water partition coefficient (Wildman–Crippen LogP) is 6.29. The molecule has 16 nitrogen and oxygen atoms in total. The third-order valence-corrected chi connectivity index (χ3v) is 14.4. The van der Waals surface area contributed by atoms with E-state index < -0.39 is 63.0 Å². The number of hydrogen-bond acceptors (Lipinski definition) is 13. The Morgan fingerprint density at radius 1 is 0.968 bits per heavy atom. The molecular formula is C44H61N7O9S2. The van der Waals surface area contributed by atoms with Crippen molar-refractivity contribution in [1.82, 2.24) is 30.2 Å². The standard InChI is InChI=1S/C44H61N7O9S2/c1-26(2)45-41-47-34(25-61-41)33-22-36(31-18-17-29(58-6)20-32(31)46-33)59-30-21-35(51(24-30)39(53)37(43(3,4)5)48-42(55)60-28-15-11-12-16-28)38(52)49-44-23-27(44)14-10-8-7-9-13-19-62(56,57)50-40(44)54/h17-18,20,22,25-28,30,35,37H,7-16,19,21,23-24H2,1-6H3,(H,45,47)(H,48,55)(H,49,52)(H,50,54)/t27-,30-,35+,37-,44-/m1/s1. The molecular weight excluding hydrogens is 835 g/mol. The first-order chi connectivity index (χ1) is 29.4. The van der Waals surface area contributed by atoms with Gasteiger partial charge < -0.3 is 35.1 Å². The average molecular weight is 896 g/mol. The van der Waals surface area contributed by atoms with Gasteiger partial charge in [-0.15, -0.1) is 11.3 Å². The number of nitrogens with zero attached hydrogens (tertiary/aromatic N) is 3. The first-order valence-electron chi connectivity index (χ1n) is 22.0. The molecule has 0 unspecified atom stereocenters. The van der Waals surface area contributed by atoms with Gasteiger partial charge in [0.25, 0.3) is 5.91 Å². The second-order valence-electron chi connectivity index (χ2n) is 18.6. The molecule has 18 heteroatoms. The molecule has 2 aromatic heterocycles. The zero-order chi connectivity index (χ0) is 44.4. The minimum atomic E-state index is -3.93. The van der Waals surface area contributed by atoms with Crippen LogP contribution in [0.15, 0.2) is 29.6 Å². The molecule has 0 radical (unpaired) electrons. The summed E-state index contributed by atoms with van der Waals surface area (Å²) in [5, 5.41) is 12.4. The van der Waals surface area contributed by atoms with Crippen molar-refractivity contribution in [3.63, 3.8) is 0 Å². The summed E-state index contributed by atoms with van der Waals surface area (Å²) in [5.74, 6) is -1.29. The molecule has 7 rings (SSSR count). The number of rotatable bonds is 11. The lowest BCUT2D eigenvalue weighted by molar-refractivity contribution is -0.143. The van der Waals surface area contributed by atoms with Crippen molar-refractivity contribution in [2.24, 2.45) is 11.3 Å². The maximum atomic E-state index is 14.9. The Kier molecular flexibility index (Phi) is 13.6. The van der Waals surface area contributed by atoms with Crippen LogP contribution in [0.4, 0.5) is 9.93 Å². The van der Waals surface area contributed by atoms with E-state index in [1.807, 2.05) is 46.1 Å². The van der Waals surface area contributed by atoms with E-state index in [2.05, 4.69) is 20.7 Å². The number of carbonyl (C=O) groups excluding carboxylic acids is 4. The smallest absolute Gasteiger partial charge is 0.408 e. The van der Waals surface area contributed by atoms with Gasteiger partial charge in [-0.3, -0.25) is 19.1 Å². The van der Waals surface area contributed by atoms with Gasteiger partial charge in [0.1, 0.15) is 47.0 Å². The first kappa shape index (κ1) is 45.3. The Labute approximate surface area is 368 Å². The van der Waals surface area contributed by atoms with Crippen molar-refractivity contribution in [3.05, 3.63) is 29.6 Å². The largest absolute Gasteiger partial charge is 0.497 e. The molecule has 1 aromatic carbocycles. The number of carbonyl (C=O) groups is 4. The van der Waals surface area contributed by atoms with Gasteiger partial charge >= 0.3 is 6.09 Å². The number of fused-ring (bicyclic) bond motifs is 2. The molecule has 4 amide bonds. The fraction of sp³-hybridized carbons (Fsp3) is 0.636. The van der Waals surface area contributed by atoms with Crippen molar-refractivity contribution >= 4 is 61.2 Å². The molecule has 5 atom stereocenters. The summed E-state index contributed by atoms with van der Waals surface area (Å²) in [7, 11) is -2.36. The highest BCUT2D eigenvalue weighted by molar-refractivity contribution is 7.90. The van der Waals surface area contributed by atoms with Crippen LogP contribution >= 0.6 is 11.3 Å². The monoisotopic (exact) mass is 895 g/mol. The number of aromatic nitrogens is 2. The Bertz CT molecular complexity index is 2260. The maximum Gasteiger partial charge on any atom is 0.408 e. The topological polar surface area (TPSA) is 207 Å². The first-order valence-corrected chi connectivity index (χ1v) is 24.5. The highest BCUT2D eigenvalue weighted by Gasteiger charge is 2.62. The van der Waals surface area contributed by atoms with Crippen LogP contribution in [-0.2, 0) is 29.1 Å². The summed E-state index contributed by atoms with van der Waals surface area (Å²) < 4.78 is 46.2. The van der Waals surface area contributed by atoms with Gasteiger partial charge in [0, 0.05) is 35.4 Å². The molecule has 4 fully saturated rings. The lowest BCUT2D eigenvalue weighted by Gasteiger charge is -2.35. The van der Waals surface area contributed by atoms with Gasteiger partial charge in [-0.1, -0.05) is 46.5 Å². The predicted molar refractivity (Wildman–Crippen MR) is 236 cm³/mol. The van der Waals surface area contributed by atoms with E-state index in [9.17, 15) is 27.6 Å². The Morgan fingerprint density at radius 3 is 2.42 bits per heavy atom. The molecule has 62 heavy (non-hydrogen) atoms. The maximum absolute atomic E-state index is 14.9. The van der Waals surface area contributed by atoms with Crippen LogP contribution in [0.5, 0.6) is 11.5 Å². The molecule has 0 spiro atoms. The third-order valence-electron chi connectivity index (χ3n) is 12.3. The summed E-state index contributed by atoms with van der Waals surface area (Å²) in [6.45, 7) is 9.51. The van der Waals surface area contributed by atoms with Crippen molar-refractivity contribution in [2.75, 3.05) is 24.7 Å². The lowest BCUT2D eigenvalue weighted by Crippen LogP contribution is -2.60. The Hall–Kier alpha value is -4.71. The van der Waals surface area contributed by atoms with Gasteiger partial charge in [-0.25, -0.2) is 23.2 Å². The molecule has 338 valence electrons. The lowest BCUT2D eigenvalue weighted by atomic mass is 9.85. The molecule has 3 aromatic rings. The summed E-state index contributed by atoms with van der Waals surface area (Å²) >= 11 is 1.46. The third kappa shape index (κ3) is 10.5. The molecule has 4 heterocycles. The Morgan fingerprint density at radius 2 is 1.69 bits per heavy atom. The van der Waals surface area contributed by atoms with Crippen molar-refractivity contribution < 1.29 is 41.8 Å². The van der Waals surface area contributed by atoms with Crippen LogP contribution in [0.25, 0.3) is 22.3 Å². The van der Waals surface area contributed by atoms with Gasteiger partial charge in [-0.2, -0.15) is 0 Å². The summed E-state index contributed by atoms with van der Waals surface area (Å²) in [6.07, 6.45) is 6.52. The summed E-state index contributed by atoms with van der Waals surface area (Å²) in [4.78, 5) is 67.9. The zero-order valence-electron chi connectivity index (χ0n) is 36.6. The van der Waals surface area contributed by atoms with Gasteiger partial charge in [0.2, 0.25) is 21.8 Å². The van der Waals surface area contributed by atoms with Crippen LogP contribution in [0.3, 0.4) is 0 Å². The van der Waals surface area contributed by atoms with Gasteiger partial charge in [0.15, 0.2) is 5.13 Å². The molecule has 4 aliphatic rings. The highest BCUT2D eigenvalue weighted by atomic mass is 32.2. The second-order valence-corrected chi connectivity index (χ2v) is 21.3. The number of hydrogen-bond donors (Lipinski definition) is 4. The number of methoxy groups -OCH3 is 1. The molecule has 2 aliphatic heterocycles. The number of likely N-dealkylation sites (tertiary alicyclic amines) is 1. The summed E-state index contributed by atoms with van der Waals surface area (Å²) in [6, 6.07) is 5.19. The van der Waals surface area contributed by atoms with E-state index in [4.69, 9.17) is 24.2 Å². The number of alkyl carbamates (subject to hydrolysis) is 1. The van der Waals surface area contributed by atoms with Gasteiger partial charge in [0.05, 0.1) is 30.6 Å². The molecule has 2 saturated carbocycles. The number of benzene rings is 1. The van der Waals surface area contributed by atoms with Crippen LogP contribution in [0.2, 0.25) is 0 Å². The fourth-order valence-electron chi connectivity index (χ4n) is 8.88. The quantitative estimate of drug-likeness (QED) is 0.168. The minimum Gasteiger partial charge on any atom is -0.497 e. The van der Waals surface area contributed by atoms with E-state index in [-0.39, 0.29) is 43.2 Å². The molecule has 4 N–H and O–H groups in total. The normalized spacial score (nSPS) is 24.9. The number of nitrogens with one attached hydrogen (secondary N) is 4.